The molecule has 0 radical (unpaired) electrons. The zero-order valence-electron chi connectivity index (χ0n) is 11.0. The Bertz CT molecular complexity index is 359. The third kappa shape index (κ3) is 3.54. The van der Waals surface area contributed by atoms with Crippen LogP contribution in [0.2, 0.25) is 0 Å². The van der Waals surface area contributed by atoms with E-state index >= 15 is 0 Å². The lowest BCUT2D eigenvalue weighted by molar-refractivity contribution is 0.273. The van der Waals surface area contributed by atoms with Crippen molar-refractivity contribution in [2.45, 2.75) is 46.2 Å². The van der Waals surface area contributed by atoms with Crippen molar-refractivity contribution >= 4 is 11.3 Å². The average Bonchev–Trinajstić information content (AvgIpc) is 2.53. The zero-order valence-corrected chi connectivity index (χ0v) is 11.9. The van der Waals surface area contributed by atoms with Crippen molar-refractivity contribution in [2.24, 2.45) is 11.7 Å². The highest BCUT2D eigenvalue weighted by Crippen LogP contribution is 2.24. The van der Waals surface area contributed by atoms with E-state index in [0.29, 0.717) is 6.54 Å². The predicted molar refractivity (Wildman–Crippen MR) is 75.2 cm³/mol. The van der Waals surface area contributed by atoms with Crippen LogP contribution in [0.5, 0.6) is 0 Å². The zero-order chi connectivity index (χ0) is 12.3. The van der Waals surface area contributed by atoms with E-state index in [2.05, 4.69) is 24.8 Å². The number of hydrogen-bond acceptors (Lipinski definition) is 3. The van der Waals surface area contributed by atoms with E-state index < -0.39 is 0 Å². The summed E-state index contributed by atoms with van der Waals surface area (Å²) in [5.74, 6) is 0.906. The lowest BCUT2D eigenvalue weighted by Crippen LogP contribution is -2.24. The van der Waals surface area contributed by atoms with Gasteiger partial charge in [-0.05, 0) is 56.8 Å². The third-order valence-electron chi connectivity index (χ3n) is 3.78. The van der Waals surface area contributed by atoms with Crippen LogP contribution >= 0.6 is 11.3 Å². The van der Waals surface area contributed by atoms with E-state index in [1.54, 1.807) is 0 Å². The van der Waals surface area contributed by atoms with Gasteiger partial charge in [0.1, 0.15) is 0 Å². The summed E-state index contributed by atoms with van der Waals surface area (Å²) < 4.78 is 0. The van der Waals surface area contributed by atoms with E-state index in [1.807, 2.05) is 11.3 Å². The normalized spacial score (nSPS) is 22.6. The Kier molecular flexibility index (Phi) is 4.60. The summed E-state index contributed by atoms with van der Waals surface area (Å²) >= 11 is 1.86. The molecule has 1 atom stereocenters. The van der Waals surface area contributed by atoms with Crippen molar-refractivity contribution in [3.63, 3.8) is 0 Å². The number of rotatable bonds is 3. The monoisotopic (exact) mass is 252 g/mol. The second-order valence-corrected chi connectivity index (χ2v) is 6.65. The highest BCUT2D eigenvalue weighted by molar-refractivity contribution is 7.12. The standard InChI is InChI=1S/C14H24N2S/c1-11-4-3-6-16(7-5-11)10-13-8-14(9-15)17-12(13)2/h8,11H,3-7,9-10,15H2,1-2H3. The molecule has 17 heavy (non-hydrogen) atoms. The first kappa shape index (κ1) is 13.1. The molecule has 1 unspecified atom stereocenters. The summed E-state index contributed by atoms with van der Waals surface area (Å²) in [5, 5.41) is 0. The minimum Gasteiger partial charge on any atom is -0.326 e. The molecule has 0 amide bonds. The van der Waals surface area contributed by atoms with Crippen molar-refractivity contribution in [3.8, 4) is 0 Å². The number of aryl methyl sites for hydroxylation is 1. The van der Waals surface area contributed by atoms with E-state index in [4.69, 9.17) is 5.73 Å². The summed E-state index contributed by atoms with van der Waals surface area (Å²) in [5.41, 5.74) is 7.20. The number of hydrogen-bond donors (Lipinski definition) is 1. The largest absolute Gasteiger partial charge is 0.326 e. The Morgan fingerprint density at radius 3 is 2.94 bits per heavy atom. The maximum Gasteiger partial charge on any atom is 0.0274 e. The van der Waals surface area contributed by atoms with Gasteiger partial charge in [0.25, 0.3) is 0 Å². The van der Waals surface area contributed by atoms with Crippen LogP contribution in [-0.4, -0.2) is 18.0 Å². The number of nitrogens with zero attached hydrogens (tertiary/aromatic N) is 1. The molecule has 0 spiro atoms. The van der Waals surface area contributed by atoms with Gasteiger partial charge in [-0.1, -0.05) is 6.92 Å². The summed E-state index contributed by atoms with van der Waals surface area (Å²) in [7, 11) is 0. The molecule has 2 heterocycles. The van der Waals surface area contributed by atoms with Gasteiger partial charge in [0.2, 0.25) is 0 Å². The molecule has 0 aromatic carbocycles. The van der Waals surface area contributed by atoms with Crippen LogP contribution in [0.3, 0.4) is 0 Å². The molecule has 1 saturated heterocycles. The summed E-state index contributed by atoms with van der Waals surface area (Å²) in [4.78, 5) is 5.38. The molecular formula is C14H24N2S. The Balaban J connectivity index is 1.97. The van der Waals surface area contributed by atoms with Gasteiger partial charge in [0.05, 0.1) is 0 Å². The molecule has 2 N–H and O–H groups in total. The SMILES string of the molecule is Cc1sc(CN)cc1CN1CCCC(C)CC1. The van der Waals surface area contributed by atoms with Gasteiger partial charge in [-0.3, -0.25) is 4.90 Å². The highest BCUT2D eigenvalue weighted by Gasteiger charge is 2.15. The third-order valence-corrected chi connectivity index (χ3v) is 4.89. The molecule has 2 nitrogen and oxygen atoms in total. The van der Waals surface area contributed by atoms with Crippen molar-refractivity contribution in [1.82, 2.24) is 4.90 Å². The second kappa shape index (κ2) is 5.98. The molecule has 96 valence electrons. The fraction of sp³-hybridized carbons (Fsp3) is 0.714. The van der Waals surface area contributed by atoms with Gasteiger partial charge < -0.3 is 5.73 Å². The Morgan fingerprint density at radius 1 is 1.41 bits per heavy atom. The number of likely N-dealkylation sites (tertiary alicyclic amines) is 1. The first-order chi connectivity index (χ1) is 8.19. The quantitative estimate of drug-likeness (QED) is 0.895. The first-order valence-electron chi connectivity index (χ1n) is 6.69. The molecule has 0 saturated carbocycles. The molecule has 2 rings (SSSR count). The van der Waals surface area contributed by atoms with Crippen LogP contribution in [0.4, 0.5) is 0 Å². The minimum absolute atomic E-state index is 0.683. The molecule has 1 aliphatic heterocycles. The number of thiophene rings is 1. The van der Waals surface area contributed by atoms with Crippen LogP contribution in [0, 0.1) is 12.8 Å². The minimum atomic E-state index is 0.683. The first-order valence-corrected chi connectivity index (χ1v) is 7.51. The fourth-order valence-corrected chi connectivity index (χ4v) is 3.50. The summed E-state index contributed by atoms with van der Waals surface area (Å²) in [6, 6.07) is 2.30. The molecule has 3 heteroatoms. The van der Waals surface area contributed by atoms with E-state index in [-0.39, 0.29) is 0 Å². The van der Waals surface area contributed by atoms with Crippen molar-refractivity contribution in [1.29, 1.82) is 0 Å². The van der Waals surface area contributed by atoms with Crippen LogP contribution in [0.1, 0.15) is 41.5 Å². The van der Waals surface area contributed by atoms with Crippen molar-refractivity contribution in [3.05, 3.63) is 21.4 Å². The van der Waals surface area contributed by atoms with Crippen molar-refractivity contribution < 1.29 is 0 Å². The van der Waals surface area contributed by atoms with Gasteiger partial charge >= 0.3 is 0 Å². The van der Waals surface area contributed by atoms with Gasteiger partial charge in [-0.2, -0.15) is 0 Å². The Hall–Kier alpha value is -0.380. The van der Waals surface area contributed by atoms with Gasteiger partial charge in [0.15, 0.2) is 0 Å². The highest BCUT2D eigenvalue weighted by atomic mass is 32.1. The van der Waals surface area contributed by atoms with Crippen LogP contribution < -0.4 is 5.73 Å². The summed E-state index contributed by atoms with van der Waals surface area (Å²) in [6.45, 7) is 8.93. The molecule has 1 fully saturated rings. The van der Waals surface area contributed by atoms with E-state index in [9.17, 15) is 0 Å². The Morgan fingerprint density at radius 2 is 2.24 bits per heavy atom. The fourth-order valence-electron chi connectivity index (χ4n) is 2.57. The van der Waals surface area contributed by atoms with Gasteiger partial charge in [0, 0.05) is 22.8 Å². The van der Waals surface area contributed by atoms with Gasteiger partial charge in [-0.15, -0.1) is 11.3 Å². The average molecular weight is 252 g/mol. The van der Waals surface area contributed by atoms with Gasteiger partial charge in [-0.25, -0.2) is 0 Å². The van der Waals surface area contributed by atoms with Crippen LogP contribution in [0.25, 0.3) is 0 Å². The molecule has 1 aliphatic rings. The lowest BCUT2D eigenvalue weighted by atomic mass is 10.0. The summed E-state index contributed by atoms with van der Waals surface area (Å²) in [6.07, 6.45) is 4.11. The predicted octanol–water partition coefficient (Wildman–Crippen LogP) is 3.14. The topological polar surface area (TPSA) is 29.3 Å². The van der Waals surface area contributed by atoms with Crippen LogP contribution in [-0.2, 0) is 13.1 Å². The number of nitrogens with two attached hydrogens (primary N) is 1. The van der Waals surface area contributed by atoms with E-state index in [1.165, 1.54) is 47.7 Å². The molecule has 0 aliphatic carbocycles. The Labute approximate surface area is 109 Å². The second-order valence-electron chi connectivity index (χ2n) is 5.31. The van der Waals surface area contributed by atoms with Crippen LogP contribution in [0.15, 0.2) is 6.07 Å². The molecule has 0 bridgehead atoms. The molecule has 1 aromatic rings. The molecule has 1 aromatic heterocycles. The van der Waals surface area contributed by atoms with Crippen molar-refractivity contribution in [2.75, 3.05) is 13.1 Å². The lowest BCUT2D eigenvalue weighted by Gasteiger charge is -2.19. The van der Waals surface area contributed by atoms with E-state index in [0.717, 1.165) is 12.5 Å². The maximum atomic E-state index is 5.71. The maximum absolute atomic E-state index is 5.71. The molecular weight excluding hydrogens is 228 g/mol. The smallest absolute Gasteiger partial charge is 0.0274 e.